The minimum absolute atomic E-state index is 0.124. The van der Waals surface area contributed by atoms with Crippen molar-refractivity contribution in [1.29, 1.82) is 0 Å². The molecule has 1 atom stereocenters. The van der Waals surface area contributed by atoms with Gasteiger partial charge >= 0.3 is 0 Å². The maximum absolute atomic E-state index is 10.6. The summed E-state index contributed by atoms with van der Waals surface area (Å²) in [6.45, 7) is 2.38. The highest BCUT2D eigenvalue weighted by molar-refractivity contribution is 5.82. The monoisotopic (exact) mass is 260 g/mol. The van der Waals surface area contributed by atoms with Crippen molar-refractivity contribution in [2.24, 2.45) is 0 Å². The van der Waals surface area contributed by atoms with Gasteiger partial charge in [-0.3, -0.25) is 0 Å². The fourth-order valence-electron chi connectivity index (χ4n) is 1.84. The van der Waals surface area contributed by atoms with Gasteiger partial charge in [0, 0.05) is 5.56 Å². The van der Waals surface area contributed by atoms with Gasteiger partial charge < -0.3 is 14.8 Å². The van der Waals surface area contributed by atoms with Crippen LogP contribution in [0, 0.1) is 0 Å². The predicted octanol–water partition coefficient (Wildman–Crippen LogP) is -1.64. The van der Waals surface area contributed by atoms with Crippen LogP contribution in [0.15, 0.2) is 36.5 Å². The maximum atomic E-state index is 10.6. The van der Waals surface area contributed by atoms with Crippen molar-refractivity contribution >= 4 is 5.97 Å². The summed E-state index contributed by atoms with van der Waals surface area (Å²) in [6.07, 6.45) is 1.39. The second-order valence-corrected chi connectivity index (χ2v) is 4.52. The van der Waals surface area contributed by atoms with Crippen molar-refractivity contribution in [3.63, 3.8) is 0 Å². The van der Waals surface area contributed by atoms with E-state index in [4.69, 9.17) is 0 Å². The highest BCUT2D eigenvalue weighted by atomic mass is 16.4. The van der Waals surface area contributed by atoms with E-state index in [0.29, 0.717) is 6.54 Å². The number of hydrogen-bond donors (Lipinski definition) is 1. The number of carboxylic acids is 1. The molecular formula is C13H16N4O2. The molecule has 0 fully saturated rings. The largest absolute Gasteiger partial charge is 0.543 e. The Morgan fingerprint density at radius 3 is 2.74 bits per heavy atom. The molecule has 0 aliphatic heterocycles. The molecule has 6 heteroatoms. The number of nitrogens with one attached hydrogen (secondary N) is 1. The number of likely N-dealkylation sites (N-methyl/N-ethyl adjacent to an activating group) is 1. The van der Waals surface area contributed by atoms with Gasteiger partial charge in [0.1, 0.15) is 12.2 Å². The number of carboxylic acid groups (broad SMARTS) is 1. The quantitative estimate of drug-likeness (QED) is 0.676. The van der Waals surface area contributed by atoms with Crippen LogP contribution in [0.5, 0.6) is 0 Å². The van der Waals surface area contributed by atoms with E-state index in [9.17, 15) is 9.90 Å². The van der Waals surface area contributed by atoms with Crippen LogP contribution in [0.25, 0.3) is 0 Å². The Bertz CT molecular complexity index is 539. The zero-order chi connectivity index (χ0) is 13.7. The molecule has 0 radical (unpaired) electrons. The van der Waals surface area contributed by atoms with Crippen molar-refractivity contribution in [3.8, 4) is 0 Å². The van der Waals surface area contributed by atoms with Gasteiger partial charge in [0.2, 0.25) is 0 Å². The Labute approximate surface area is 111 Å². The number of carbonyl (C=O) groups excluding carboxylic acids is 1. The molecule has 19 heavy (non-hydrogen) atoms. The summed E-state index contributed by atoms with van der Waals surface area (Å²) in [4.78, 5) is 11.9. The number of rotatable bonds is 6. The third-order valence-electron chi connectivity index (χ3n) is 2.86. The zero-order valence-electron chi connectivity index (χ0n) is 10.7. The molecule has 2 rings (SSSR count). The fraction of sp³-hybridized carbons (Fsp3) is 0.308. The normalized spacial score (nSPS) is 12.3. The van der Waals surface area contributed by atoms with Crippen molar-refractivity contribution < 1.29 is 14.8 Å². The number of nitrogens with zero attached hydrogens (tertiary/aromatic N) is 3. The first-order valence-corrected chi connectivity index (χ1v) is 6.12. The maximum Gasteiger partial charge on any atom is 0.128 e. The van der Waals surface area contributed by atoms with Gasteiger partial charge in [-0.2, -0.15) is 0 Å². The van der Waals surface area contributed by atoms with E-state index in [1.807, 2.05) is 18.2 Å². The van der Waals surface area contributed by atoms with Gasteiger partial charge in [-0.15, -0.1) is 5.10 Å². The number of benzene rings is 1. The molecule has 0 aliphatic carbocycles. The predicted molar refractivity (Wildman–Crippen MR) is 66.3 cm³/mol. The van der Waals surface area contributed by atoms with Gasteiger partial charge in [0.15, 0.2) is 0 Å². The molecule has 0 bridgehead atoms. The van der Waals surface area contributed by atoms with Gasteiger partial charge in [-0.05, 0) is 0 Å². The van der Waals surface area contributed by atoms with Crippen LogP contribution in [-0.2, 0) is 13.1 Å². The Morgan fingerprint density at radius 1 is 1.37 bits per heavy atom. The van der Waals surface area contributed by atoms with Crippen molar-refractivity contribution in [1.82, 2.24) is 15.0 Å². The summed E-state index contributed by atoms with van der Waals surface area (Å²) in [5, 5.41) is 17.8. The van der Waals surface area contributed by atoms with E-state index in [0.717, 1.165) is 13.1 Å². The first-order valence-electron chi connectivity index (χ1n) is 6.12. The van der Waals surface area contributed by atoms with E-state index < -0.39 is 5.97 Å². The zero-order valence-corrected chi connectivity index (χ0v) is 10.7. The molecule has 100 valence electrons. The third-order valence-corrected chi connectivity index (χ3v) is 2.86. The van der Waals surface area contributed by atoms with E-state index in [1.54, 1.807) is 0 Å². The molecule has 1 aromatic heterocycles. The van der Waals surface area contributed by atoms with Crippen molar-refractivity contribution in [3.05, 3.63) is 47.8 Å². The molecular weight excluding hydrogens is 244 g/mol. The van der Waals surface area contributed by atoms with Crippen LogP contribution in [-0.4, -0.2) is 34.6 Å². The number of quaternary nitrogens is 1. The third kappa shape index (κ3) is 3.89. The molecule has 0 amide bonds. The van der Waals surface area contributed by atoms with Gasteiger partial charge in [-0.1, -0.05) is 35.5 Å². The van der Waals surface area contributed by atoms with E-state index in [1.165, 1.54) is 21.3 Å². The molecule has 0 saturated heterocycles. The molecule has 1 heterocycles. The molecule has 0 spiro atoms. The first kappa shape index (κ1) is 13.2. The number of carbonyl (C=O) groups is 1. The van der Waals surface area contributed by atoms with Gasteiger partial charge in [0.05, 0.1) is 32.3 Å². The number of aromatic nitrogens is 3. The SMILES string of the molecule is C[NH+](CCn1cc(C(=O)[O-])nn1)Cc1ccccc1. The average Bonchev–Trinajstić information content (AvgIpc) is 2.86. The van der Waals surface area contributed by atoms with Crippen molar-refractivity contribution in [2.75, 3.05) is 13.6 Å². The minimum Gasteiger partial charge on any atom is -0.543 e. The van der Waals surface area contributed by atoms with E-state index in [2.05, 4.69) is 29.5 Å². The lowest BCUT2D eigenvalue weighted by Gasteiger charge is -2.13. The molecule has 0 saturated carbocycles. The lowest BCUT2D eigenvalue weighted by atomic mass is 10.2. The molecule has 1 N–H and O–H groups in total. The smallest absolute Gasteiger partial charge is 0.128 e. The average molecular weight is 260 g/mol. The van der Waals surface area contributed by atoms with Crippen LogP contribution in [0.1, 0.15) is 16.1 Å². The lowest BCUT2D eigenvalue weighted by molar-refractivity contribution is -0.894. The van der Waals surface area contributed by atoms with Crippen LogP contribution in [0.2, 0.25) is 0 Å². The van der Waals surface area contributed by atoms with Crippen LogP contribution in [0.3, 0.4) is 0 Å². The van der Waals surface area contributed by atoms with Crippen LogP contribution < -0.4 is 10.0 Å². The fourth-order valence-corrected chi connectivity index (χ4v) is 1.84. The summed E-state index contributed by atoms with van der Waals surface area (Å²) in [5.41, 5.74) is 1.15. The Balaban J connectivity index is 1.83. The van der Waals surface area contributed by atoms with Crippen LogP contribution >= 0.6 is 0 Å². The topological polar surface area (TPSA) is 75.3 Å². The Kier molecular flexibility index (Phi) is 4.25. The van der Waals surface area contributed by atoms with Crippen LogP contribution in [0.4, 0.5) is 0 Å². The minimum atomic E-state index is -1.30. The first-order chi connectivity index (χ1) is 9.15. The summed E-state index contributed by atoms with van der Waals surface area (Å²) in [6, 6.07) is 10.2. The molecule has 2 aromatic rings. The molecule has 1 aromatic carbocycles. The Morgan fingerprint density at radius 2 is 2.11 bits per heavy atom. The molecule has 1 unspecified atom stereocenters. The Hall–Kier alpha value is -2.21. The van der Waals surface area contributed by atoms with Gasteiger partial charge in [0.25, 0.3) is 0 Å². The summed E-state index contributed by atoms with van der Waals surface area (Å²) in [5.74, 6) is -1.30. The van der Waals surface area contributed by atoms with Gasteiger partial charge in [-0.25, -0.2) is 4.68 Å². The molecule has 6 nitrogen and oxygen atoms in total. The van der Waals surface area contributed by atoms with E-state index >= 15 is 0 Å². The highest BCUT2D eigenvalue weighted by Gasteiger charge is 2.06. The second-order valence-electron chi connectivity index (χ2n) is 4.52. The lowest BCUT2D eigenvalue weighted by Crippen LogP contribution is -3.08. The van der Waals surface area contributed by atoms with Crippen molar-refractivity contribution in [2.45, 2.75) is 13.1 Å². The summed E-state index contributed by atoms with van der Waals surface area (Å²) >= 11 is 0. The summed E-state index contributed by atoms with van der Waals surface area (Å²) in [7, 11) is 2.09. The summed E-state index contributed by atoms with van der Waals surface area (Å²) < 4.78 is 1.53. The number of aromatic carboxylic acids is 1. The highest BCUT2D eigenvalue weighted by Crippen LogP contribution is 1.95. The second kappa shape index (κ2) is 6.10. The van der Waals surface area contributed by atoms with E-state index in [-0.39, 0.29) is 5.69 Å². The number of hydrogen-bond acceptors (Lipinski definition) is 4. The standard InChI is InChI=1S/C13H16N4O2/c1-16(9-11-5-3-2-4-6-11)7-8-17-10-12(13(18)19)14-15-17/h2-6,10H,7-9H2,1H3,(H,18,19). The molecule has 0 aliphatic rings.